The Labute approximate surface area is 114 Å². The van der Waals surface area contributed by atoms with Crippen molar-refractivity contribution in [3.8, 4) is 5.75 Å². The molecule has 1 aromatic rings. The summed E-state index contributed by atoms with van der Waals surface area (Å²) < 4.78 is 23.9. The molecule has 3 N–H and O–H groups in total. The van der Waals surface area contributed by atoms with Crippen LogP contribution in [-0.4, -0.2) is 26.3 Å². The minimum absolute atomic E-state index is 0.0512. The van der Waals surface area contributed by atoms with Crippen LogP contribution in [0.25, 0.3) is 0 Å². The Morgan fingerprint density at radius 1 is 1.26 bits per heavy atom. The van der Waals surface area contributed by atoms with Crippen LogP contribution >= 0.6 is 0 Å². The molecule has 2 rings (SSSR count). The summed E-state index contributed by atoms with van der Waals surface area (Å²) in [7, 11) is -3.37. The van der Waals surface area contributed by atoms with Gasteiger partial charge in [-0.25, -0.2) is 8.42 Å². The first kappa shape index (κ1) is 14.3. The molecule has 0 unspecified atom stereocenters. The molecule has 5 heteroatoms. The third-order valence-corrected chi connectivity index (χ3v) is 5.27. The van der Waals surface area contributed by atoms with Crippen LogP contribution in [0.3, 0.4) is 0 Å². The molecule has 0 saturated heterocycles. The zero-order valence-electron chi connectivity index (χ0n) is 11.2. The van der Waals surface area contributed by atoms with Crippen molar-refractivity contribution in [2.45, 2.75) is 42.4 Å². The van der Waals surface area contributed by atoms with Gasteiger partial charge in [0.05, 0.1) is 4.90 Å². The van der Waals surface area contributed by atoms with Crippen LogP contribution in [0.15, 0.2) is 23.1 Å². The van der Waals surface area contributed by atoms with Crippen molar-refractivity contribution < 1.29 is 13.5 Å². The highest BCUT2D eigenvalue weighted by Gasteiger charge is 2.38. The Hall–Kier alpha value is -1.07. The van der Waals surface area contributed by atoms with Gasteiger partial charge in [0.1, 0.15) is 5.75 Å². The second-order valence-electron chi connectivity index (χ2n) is 5.47. The normalized spacial score (nSPS) is 19.3. The Morgan fingerprint density at radius 3 is 2.42 bits per heavy atom. The summed E-state index contributed by atoms with van der Waals surface area (Å²) in [4.78, 5) is 0.222. The molecule has 1 saturated carbocycles. The monoisotopic (exact) mass is 283 g/mol. The summed E-state index contributed by atoms with van der Waals surface area (Å²) in [5, 5.41) is 10.2. The second kappa shape index (κ2) is 5.13. The van der Waals surface area contributed by atoms with E-state index in [4.69, 9.17) is 5.73 Å². The van der Waals surface area contributed by atoms with Crippen molar-refractivity contribution in [3.63, 3.8) is 0 Å². The first-order valence-electron chi connectivity index (χ1n) is 6.63. The molecule has 4 nitrogen and oxygen atoms in total. The molecule has 1 aromatic carbocycles. The fraction of sp³-hybridized carbons (Fsp3) is 0.571. The van der Waals surface area contributed by atoms with E-state index in [1.165, 1.54) is 6.26 Å². The topological polar surface area (TPSA) is 80.4 Å². The number of phenols is 1. The minimum Gasteiger partial charge on any atom is -0.508 e. The molecule has 0 radical (unpaired) electrons. The molecular weight excluding hydrogens is 262 g/mol. The van der Waals surface area contributed by atoms with Crippen molar-refractivity contribution in [1.82, 2.24) is 0 Å². The van der Waals surface area contributed by atoms with E-state index in [0.717, 1.165) is 32.1 Å². The van der Waals surface area contributed by atoms with Crippen molar-refractivity contribution in [2.24, 2.45) is 5.73 Å². The molecule has 1 fully saturated rings. The van der Waals surface area contributed by atoms with Gasteiger partial charge < -0.3 is 10.8 Å². The third-order valence-electron chi connectivity index (χ3n) is 4.14. The van der Waals surface area contributed by atoms with Crippen LogP contribution in [-0.2, 0) is 15.3 Å². The van der Waals surface area contributed by atoms with E-state index in [9.17, 15) is 13.5 Å². The Morgan fingerprint density at radius 2 is 1.89 bits per heavy atom. The Bertz CT molecular complexity index is 560. The predicted molar refractivity (Wildman–Crippen MR) is 75.0 cm³/mol. The fourth-order valence-corrected chi connectivity index (χ4v) is 4.16. The first-order chi connectivity index (χ1) is 8.91. The summed E-state index contributed by atoms with van der Waals surface area (Å²) in [5.41, 5.74) is 6.07. The third kappa shape index (κ3) is 2.62. The van der Waals surface area contributed by atoms with Gasteiger partial charge in [-0.05, 0) is 25.0 Å². The minimum atomic E-state index is -3.37. The van der Waals surface area contributed by atoms with Crippen LogP contribution in [0.1, 0.15) is 37.7 Å². The molecule has 19 heavy (non-hydrogen) atoms. The Kier molecular flexibility index (Phi) is 3.87. The van der Waals surface area contributed by atoms with Gasteiger partial charge in [0.25, 0.3) is 0 Å². The lowest BCUT2D eigenvalue weighted by atomic mass is 9.69. The van der Waals surface area contributed by atoms with E-state index in [2.05, 4.69) is 0 Å². The number of benzene rings is 1. The van der Waals surface area contributed by atoms with E-state index >= 15 is 0 Å². The summed E-state index contributed by atoms with van der Waals surface area (Å²) in [5.74, 6) is 0.0512. The highest BCUT2D eigenvalue weighted by Crippen LogP contribution is 2.45. The molecule has 1 aliphatic rings. The smallest absolute Gasteiger partial charge is 0.175 e. The highest BCUT2D eigenvalue weighted by molar-refractivity contribution is 7.90. The maximum Gasteiger partial charge on any atom is 0.175 e. The largest absolute Gasteiger partial charge is 0.508 e. The lowest BCUT2D eigenvalue weighted by molar-refractivity contribution is 0.285. The quantitative estimate of drug-likeness (QED) is 0.888. The summed E-state index contributed by atoms with van der Waals surface area (Å²) in [6.45, 7) is 0.368. The van der Waals surface area contributed by atoms with Gasteiger partial charge >= 0.3 is 0 Å². The summed E-state index contributed by atoms with van der Waals surface area (Å²) in [6.07, 6.45) is 6.04. The van der Waals surface area contributed by atoms with E-state index in [-0.39, 0.29) is 10.6 Å². The van der Waals surface area contributed by atoms with Gasteiger partial charge in [-0.3, -0.25) is 0 Å². The zero-order valence-corrected chi connectivity index (χ0v) is 12.0. The number of aromatic hydroxyl groups is 1. The number of rotatable bonds is 3. The average Bonchev–Trinajstić information content (AvgIpc) is 2.38. The molecule has 0 spiro atoms. The average molecular weight is 283 g/mol. The van der Waals surface area contributed by atoms with Gasteiger partial charge in [-0.15, -0.1) is 0 Å². The maximum atomic E-state index is 12.0. The predicted octanol–water partition coefficient (Wildman–Crippen LogP) is 1.96. The van der Waals surface area contributed by atoms with Crippen molar-refractivity contribution >= 4 is 9.84 Å². The van der Waals surface area contributed by atoms with Gasteiger partial charge in [-0.2, -0.15) is 0 Å². The van der Waals surface area contributed by atoms with Gasteiger partial charge in [-0.1, -0.05) is 25.3 Å². The van der Waals surface area contributed by atoms with E-state index in [1.54, 1.807) is 18.2 Å². The van der Waals surface area contributed by atoms with Crippen molar-refractivity contribution in [2.75, 3.05) is 12.8 Å². The molecule has 1 aliphatic carbocycles. The maximum absolute atomic E-state index is 12.0. The molecule has 0 heterocycles. The zero-order chi connectivity index (χ0) is 14.1. The van der Waals surface area contributed by atoms with Crippen LogP contribution < -0.4 is 5.73 Å². The lowest BCUT2D eigenvalue weighted by Crippen LogP contribution is -2.38. The lowest BCUT2D eigenvalue weighted by Gasteiger charge is -2.38. The van der Waals surface area contributed by atoms with Gasteiger partial charge in [0.2, 0.25) is 0 Å². The summed E-state index contributed by atoms with van der Waals surface area (Å²) >= 11 is 0. The number of hydrogen-bond acceptors (Lipinski definition) is 4. The van der Waals surface area contributed by atoms with Crippen molar-refractivity contribution in [1.29, 1.82) is 0 Å². The number of nitrogens with two attached hydrogens (primary N) is 1. The molecule has 0 aromatic heterocycles. The van der Waals surface area contributed by atoms with Crippen LogP contribution in [0.5, 0.6) is 5.75 Å². The molecule has 0 bridgehead atoms. The van der Waals surface area contributed by atoms with Gasteiger partial charge in [0, 0.05) is 23.8 Å². The number of sulfone groups is 1. The second-order valence-corrected chi connectivity index (χ2v) is 7.45. The van der Waals surface area contributed by atoms with Crippen LogP contribution in [0.4, 0.5) is 0 Å². The van der Waals surface area contributed by atoms with Crippen molar-refractivity contribution in [3.05, 3.63) is 23.8 Å². The highest BCUT2D eigenvalue weighted by atomic mass is 32.2. The number of phenolic OH excluding ortho intramolecular Hbond substituents is 1. The van der Waals surface area contributed by atoms with E-state index in [0.29, 0.717) is 12.1 Å². The van der Waals surface area contributed by atoms with Crippen LogP contribution in [0, 0.1) is 0 Å². The molecular formula is C14H21NO3S. The van der Waals surface area contributed by atoms with Crippen LogP contribution in [0.2, 0.25) is 0 Å². The Balaban J connectivity index is 2.66. The summed E-state index contributed by atoms with van der Waals surface area (Å²) in [6, 6.07) is 4.69. The SMILES string of the molecule is CS(=O)(=O)c1cccc(O)c1C1(CN)CCCCC1. The molecule has 0 atom stereocenters. The molecule has 0 aliphatic heterocycles. The first-order valence-corrected chi connectivity index (χ1v) is 8.52. The standard InChI is InChI=1S/C14H21NO3S/c1-19(17,18)12-7-5-6-11(16)13(12)14(10-15)8-3-2-4-9-14/h5-7,16H,2-4,8-10,15H2,1H3. The molecule has 0 amide bonds. The fourth-order valence-electron chi connectivity index (χ4n) is 3.15. The van der Waals surface area contributed by atoms with Gasteiger partial charge in [0.15, 0.2) is 9.84 Å². The van der Waals surface area contributed by atoms with E-state index < -0.39 is 15.3 Å². The number of hydrogen-bond donors (Lipinski definition) is 2. The molecule has 106 valence electrons. The van der Waals surface area contributed by atoms with E-state index in [1.807, 2.05) is 0 Å².